The van der Waals surface area contributed by atoms with Gasteiger partial charge >= 0.3 is 5.97 Å². The Morgan fingerprint density at radius 2 is 2.15 bits per heavy atom. The highest BCUT2D eigenvalue weighted by Gasteiger charge is 2.25. The average molecular weight is 294 g/mol. The number of thioether (sulfide) groups is 1. The quantitative estimate of drug-likeness (QED) is 0.868. The van der Waals surface area contributed by atoms with E-state index in [9.17, 15) is 9.90 Å². The van der Waals surface area contributed by atoms with Gasteiger partial charge in [-0.3, -0.25) is 0 Å². The maximum Gasteiger partial charge on any atom is 0.338 e. The molecule has 0 radical (unpaired) electrons. The van der Waals surface area contributed by atoms with Crippen LogP contribution >= 0.6 is 11.8 Å². The summed E-state index contributed by atoms with van der Waals surface area (Å²) in [5, 5.41) is 9.57. The van der Waals surface area contributed by atoms with Crippen molar-refractivity contribution in [1.29, 1.82) is 0 Å². The van der Waals surface area contributed by atoms with Crippen LogP contribution in [0.4, 0.5) is 5.69 Å². The monoisotopic (exact) mass is 294 g/mol. The smallest absolute Gasteiger partial charge is 0.338 e. The van der Waals surface area contributed by atoms with E-state index in [2.05, 4.69) is 23.8 Å². The van der Waals surface area contributed by atoms with E-state index in [-0.39, 0.29) is 0 Å². The third-order valence-corrected chi connectivity index (χ3v) is 4.57. The minimum atomic E-state index is -0.838. The van der Waals surface area contributed by atoms with Crippen molar-refractivity contribution in [3.63, 3.8) is 0 Å². The molecule has 0 aliphatic carbocycles. The second-order valence-electron chi connectivity index (χ2n) is 5.32. The predicted molar refractivity (Wildman–Crippen MR) is 84.1 cm³/mol. The fourth-order valence-electron chi connectivity index (χ4n) is 2.87. The molecule has 1 aromatic rings. The van der Waals surface area contributed by atoms with Crippen molar-refractivity contribution in [2.24, 2.45) is 0 Å². The summed E-state index contributed by atoms with van der Waals surface area (Å²) in [5.74, 6) is -0.838. The van der Waals surface area contributed by atoms with Gasteiger partial charge in [-0.2, -0.15) is 0 Å². The maximum absolute atomic E-state index is 11.7. The van der Waals surface area contributed by atoms with Crippen molar-refractivity contribution in [3.05, 3.63) is 23.8 Å². The highest BCUT2D eigenvalue weighted by Crippen LogP contribution is 2.31. The number of likely N-dealkylation sites (N-methyl/N-ethyl adjacent to an activating group) is 1. The van der Waals surface area contributed by atoms with Gasteiger partial charge in [-0.15, -0.1) is 11.8 Å². The molecule has 1 fully saturated rings. The lowest BCUT2D eigenvalue weighted by Gasteiger charge is -2.31. The molecule has 1 saturated heterocycles. The maximum atomic E-state index is 11.7. The average Bonchev–Trinajstić information content (AvgIpc) is 2.58. The van der Waals surface area contributed by atoms with Crippen LogP contribution in [0.5, 0.6) is 0 Å². The summed E-state index contributed by atoms with van der Waals surface area (Å²) < 4.78 is 0. The number of hydrogen-bond acceptors (Lipinski definition) is 4. The second kappa shape index (κ2) is 6.50. The van der Waals surface area contributed by atoms with Crippen LogP contribution in [0.2, 0.25) is 0 Å². The highest BCUT2D eigenvalue weighted by molar-refractivity contribution is 7.98. The number of benzene rings is 1. The second-order valence-corrected chi connectivity index (χ2v) is 6.17. The number of nitrogens with zero attached hydrogens (tertiary/aromatic N) is 2. The van der Waals surface area contributed by atoms with Gasteiger partial charge in [-0.05, 0) is 45.3 Å². The summed E-state index contributed by atoms with van der Waals surface area (Å²) >= 11 is 1.49. The fraction of sp³-hybridized carbons (Fsp3) is 0.533. The van der Waals surface area contributed by atoms with Gasteiger partial charge in [0.1, 0.15) is 0 Å². The molecule has 1 aliphatic heterocycles. The van der Waals surface area contributed by atoms with E-state index in [1.807, 2.05) is 24.5 Å². The zero-order chi connectivity index (χ0) is 14.7. The summed E-state index contributed by atoms with van der Waals surface area (Å²) in [6.07, 6.45) is 2.98. The number of carbonyl (C=O) groups is 1. The van der Waals surface area contributed by atoms with Crippen LogP contribution in [0.1, 0.15) is 23.7 Å². The van der Waals surface area contributed by atoms with Gasteiger partial charge in [0.2, 0.25) is 0 Å². The molecule has 2 rings (SSSR count). The topological polar surface area (TPSA) is 43.8 Å². The summed E-state index contributed by atoms with van der Waals surface area (Å²) in [6, 6.07) is 6.09. The molecule has 0 amide bonds. The van der Waals surface area contributed by atoms with Crippen molar-refractivity contribution >= 4 is 23.4 Å². The highest BCUT2D eigenvalue weighted by atomic mass is 32.2. The van der Waals surface area contributed by atoms with E-state index in [1.54, 1.807) is 0 Å². The Morgan fingerprint density at radius 3 is 2.80 bits per heavy atom. The summed E-state index contributed by atoms with van der Waals surface area (Å²) in [7, 11) is 2.12. The molecule has 0 saturated carbocycles. The van der Waals surface area contributed by atoms with Gasteiger partial charge in [-0.25, -0.2) is 4.79 Å². The normalized spacial score (nSPS) is 20.8. The minimum absolute atomic E-state index is 0.317. The Kier molecular flexibility index (Phi) is 4.94. The number of hydrogen-bond donors (Lipinski definition) is 1. The van der Waals surface area contributed by atoms with E-state index in [4.69, 9.17) is 0 Å². The van der Waals surface area contributed by atoms with Crippen LogP contribution in [0, 0.1) is 0 Å². The molecule has 0 bridgehead atoms. The number of aromatic carboxylic acids is 1. The van der Waals surface area contributed by atoms with Crippen molar-refractivity contribution in [2.45, 2.75) is 24.3 Å². The van der Waals surface area contributed by atoms with E-state index in [0.717, 1.165) is 36.6 Å². The molecule has 1 aromatic carbocycles. The van der Waals surface area contributed by atoms with Crippen LogP contribution in [0.15, 0.2) is 23.1 Å². The van der Waals surface area contributed by atoms with Gasteiger partial charge in [0.15, 0.2) is 0 Å². The Balaban J connectivity index is 2.43. The largest absolute Gasteiger partial charge is 0.478 e. The van der Waals surface area contributed by atoms with E-state index >= 15 is 0 Å². The standard InChI is InChI=1S/C15H22N2O2S/c1-11-10-16(2)8-5-9-17(11)12-6-4-7-13(20-3)14(12)15(18)19/h4,6-7,11H,5,8-10H2,1-3H3,(H,18,19). The number of carboxylic acids is 1. The van der Waals surface area contributed by atoms with Gasteiger partial charge < -0.3 is 14.9 Å². The molecule has 1 aliphatic rings. The number of carboxylic acid groups (broad SMARTS) is 1. The molecular formula is C15H22N2O2S. The van der Waals surface area contributed by atoms with Crippen molar-refractivity contribution in [2.75, 3.05) is 37.8 Å². The van der Waals surface area contributed by atoms with Crippen molar-refractivity contribution in [3.8, 4) is 0 Å². The molecule has 1 unspecified atom stereocenters. The van der Waals surface area contributed by atoms with Crippen LogP contribution in [-0.4, -0.2) is 55.0 Å². The van der Waals surface area contributed by atoms with Crippen LogP contribution in [0.25, 0.3) is 0 Å². The molecule has 20 heavy (non-hydrogen) atoms. The zero-order valence-electron chi connectivity index (χ0n) is 12.3. The Labute approximate surface area is 124 Å². The van der Waals surface area contributed by atoms with Gasteiger partial charge in [0, 0.05) is 24.0 Å². The molecule has 1 atom stereocenters. The predicted octanol–water partition coefficient (Wildman–Crippen LogP) is 2.64. The first-order valence-electron chi connectivity index (χ1n) is 6.90. The van der Waals surface area contributed by atoms with E-state index < -0.39 is 5.97 Å². The van der Waals surface area contributed by atoms with Crippen molar-refractivity contribution in [1.82, 2.24) is 4.90 Å². The Hall–Kier alpha value is -1.20. The van der Waals surface area contributed by atoms with Crippen LogP contribution < -0.4 is 4.90 Å². The molecule has 4 nitrogen and oxygen atoms in total. The number of anilines is 1. The first kappa shape index (κ1) is 15.2. The lowest BCUT2D eigenvalue weighted by molar-refractivity contribution is 0.0693. The molecule has 110 valence electrons. The third-order valence-electron chi connectivity index (χ3n) is 3.79. The molecule has 0 spiro atoms. The molecule has 5 heteroatoms. The zero-order valence-corrected chi connectivity index (χ0v) is 13.1. The van der Waals surface area contributed by atoms with Gasteiger partial charge in [0.05, 0.1) is 11.3 Å². The fourth-order valence-corrected chi connectivity index (χ4v) is 3.48. The first-order valence-corrected chi connectivity index (χ1v) is 8.12. The molecule has 1 heterocycles. The Bertz CT molecular complexity index is 493. The lowest BCUT2D eigenvalue weighted by atomic mass is 10.1. The van der Waals surface area contributed by atoms with Gasteiger partial charge in [-0.1, -0.05) is 6.07 Å². The molecule has 0 aromatic heterocycles. The van der Waals surface area contributed by atoms with Crippen LogP contribution in [-0.2, 0) is 0 Å². The summed E-state index contributed by atoms with van der Waals surface area (Å²) in [4.78, 5) is 17.0. The third kappa shape index (κ3) is 3.10. The molecule has 1 N–H and O–H groups in total. The summed E-state index contributed by atoms with van der Waals surface area (Å²) in [6.45, 7) is 5.09. The first-order chi connectivity index (χ1) is 9.54. The van der Waals surface area contributed by atoms with Crippen LogP contribution in [0.3, 0.4) is 0 Å². The van der Waals surface area contributed by atoms with E-state index in [1.165, 1.54) is 11.8 Å². The molecular weight excluding hydrogens is 272 g/mol. The summed E-state index contributed by atoms with van der Waals surface area (Å²) in [5.41, 5.74) is 1.29. The van der Waals surface area contributed by atoms with Crippen molar-refractivity contribution < 1.29 is 9.90 Å². The minimum Gasteiger partial charge on any atom is -0.478 e. The number of rotatable bonds is 3. The van der Waals surface area contributed by atoms with E-state index in [0.29, 0.717) is 11.6 Å². The lowest BCUT2D eigenvalue weighted by Crippen LogP contribution is -2.38. The Morgan fingerprint density at radius 1 is 1.40 bits per heavy atom. The SMILES string of the molecule is CSc1cccc(N2CCCN(C)CC2C)c1C(=O)O. The van der Waals surface area contributed by atoms with Gasteiger partial charge in [0.25, 0.3) is 0 Å².